The van der Waals surface area contributed by atoms with E-state index in [-0.39, 0.29) is 15.6 Å². The van der Waals surface area contributed by atoms with Crippen LogP contribution in [-0.2, 0) is 10.0 Å². The molecule has 0 fully saturated rings. The van der Waals surface area contributed by atoms with Crippen LogP contribution in [0.3, 0.4) is 0 Å². The van der Waals surface area contributed by atoms with Gasteiger partial charge in [0.05, 0.1) is 10.2 Å². The van der Waals surface area contributed by atoms with Gasteiger partial charge in [0.15, 0.2) is 5.13 Å². The van der Waals surface area contributed by atoms with E-state index in [4.69, 9.17) is 11.6 Å². The SMILES string of the molecule is O=c1ccc(S(=O)(=O)Nc2nc3ccc(Cl)cc3s2)c[nH]1. The number of nitrogens with one attached hydrogen (secondary N) is 2. The molecule has 0 saturated heterocycles. The number of hydrogen-bond donors (Lipinski definition) is 2. The molecule has 9 heteroatoms. The van der Waals surface area contributed by atoms with Gasteiger partial charge in [-0.25, -0.2) is 13.4 Å². The summed E-state index contributed by atoms with van der Waals surface area (Å²) in [6, 6.07) is 7.49. The second-order valence-electron chi connectivity index (χ2n) is 4.13. The molecule has 2 N–H and O–H groups in total. The second-order valence-corrected chi connectivity index (χ2v) is 7.27. The molecule has 0 bridgehead atoms. The summed E-state index contributed by atoms with van der Waals surface area (Å²) in [6.45, 7) is 0. The number of sulfonamides is 1. The fraction of sp³-hybridized carbons (Fsp3) is 0. The molecular formula is C12H8ClN3O3S2. The normalized spacial score (nSPS) is 11.7. The van der Waals surface area contributed by atoms with Crippen molar-refractivity contribution >= 4 is 48.3 Å². The minimum Gasteiger partial charge on any atom is -0.328 e. The molecule has 21 heavy (non-hydrogen) atoms. The quantitative estimate of drug-likeness (QED) is 0.765. The summed E-state index contributed by atoms with van der Waals surface area (Å²) in [4.78, 5) is 17.4. The van der Waals surface area contributed by atoms with Crippen molar-refractivity contribution in [3.63, 3.8) is 0 Å². The largest absolute Gasteiger partial charge is 0.328 e. The Balaban J connectivity index is 1.96. The lowest BCUT2D eigenvalue weighted by Gasteiger charge is -2.03. The van der Waals surface area contributed by atoms with Gasteiger partial charge in [0, 0.05) is 17.3 Å². The third-order valence-electron chi connectivity index (χ3n) is 2.64. The number of benzene rings is 1. The van der Waals surface area contributed by atoms with Crippen LogP contribution in [0.1, 0.15) is 0 Å². The lowest BCUT2D eigenvalue weighted by atomic mass is 10.3. The molecular weight excluding hydrogens is 334 g/mol. The number of rotatable bonds is 3. The van der Waals surface area contributed by atoms with Gasteiger partial charge in [0.2, 0.25) is 5.56 Å². The van der Waals surface area contributed by atoms with Gasteiger partial charge in [-0.2, -0.15) is 0 Å². The van der Waals surface area contributed by atoms with Crippen molar-refractivity contribution in [2.45, 2.75) is 4.90 Å². The van der Waals surface area contributed by atoms with Crippen LogP contribution in [0, 0.1) is 0 Å². The Kier molecular flexibility index (Phi) is 3.44. The van der Waals surface area contributed by atoms with Crippen molar-refractivity contribution in [2.24, 2.45) is 0 Å². The number of aromatic amines is 1. The molecule has 0 aliphatic rings. The van der Waals surface area contributed by atoms with E-state index in [1.54, 1.807) is 18.2 Å². The second kappa shape index (κ2) is 5.14. The Morgan fingerprint density at radius 2 is 2.05 bits per heavy atom. The number of thiazole rings is 1. The van der Waals surface area contributed by atoms with E-state index in [1.807, 2.05) is 0 Å². The maximum Gasteiger partial charge on any atom is 0.265 e. The van der Waals surface area contributed by atoms with Crippen molar-refractivity contribution in [3.8, 4) is 0 Å². The smallest absolute Gasteiger partial charge is 0.265 e. The highest BCUT2D eigenvalue weighted by Gasteiger charge is 2.16. The van der Waals surface area contributed by atoms with Crippen LogP contribution in [-0.4, -0.2) is 18.4 Å². The molecule has 2 heterocycles. The Bertz CT molecular complexity index is 958. The number of H-pyrrole nitrogens is 1. The van der Waals surface area contributed by atoms with E-state index >= 15 is 0 Å². The molecule has 0 saturated carbocycles. The average Bonchev–Trinajstić information content (AvgIpc) is 2.79. The van der Waals surface area contributed by atoms with Crippen molar-refractivity contribution in [2.75, 3.05) is 4.72 Å². The summed E-state index contributed by atoms with van der Waals surface area (Å²) in [5, 5.41) is 0.791. The Morgan fingerprint density at radius 3 is 2.76 bits per heavy atom. The van der Waals surface area contributed by atoms with Gasteiger partial charge in [-0.1, -0.05) is 22.9 Å². The first-order valence-corrected chi connectivity index (χ1v) is 8.39. The van der Waals surface area contributed by atoms with Gasteiger partial charge in [-0.15, -0.1) is 0 Å². The number of nitrogens with zero attached hydrogens (tertiary/aromatic N) is 1. The summed E-state index contributed by atoms with van der Waals surface area (Å²) in [6.07, 6.45) is 1.13. The molecule has 0 aliphatic carbocycles. The lowest BCUT2D eigenvalue weighted by molar-refractivity contribution is 0.600. The molecule has 1 aromatic carbocycles. The zero-order chi connectivity index (χ0) is 15.0. The van der Waals surface area contributed by atoms with Crippen LogP contribution in [0.5, 0.6) is 0 Å². The highest BCUT2D eigenvalue weighted by Crippen LogP contribution is 2.29. The van der Waals surface area contributed by atoms with Gasteiger partial charge in [-0.05, 0) is 24.3 Å². The molecule has 0 amide bonds. The first kappa shape index (κ1) is 14.1. The summed E-state index contributed by atoms with van der Waals surface area (Å²) >= 11 is 7.06. The van der Waals surface area contributed by atoms with Crippen LogP contribution in [0.4, 0.5) is 5.13 Å². The fourth-order valence-electron chi connectivity index (χ4n) is 1.68. The maximum atomic E-state index is 12.2. The van der Waals surface area contributed by atoms with Crippen LogP contribution in [0.25, 0.3) is 10.2 Å². The Hall–Kier alpha value is -1.90. The monoisotopic (exact) mass is 341 g/mol. The molecule has 0 unspecified atom stereocenters. The molecule has 0 spiro atoms. The molecule has 108 valence electrons. The number of aromatic nitrogens is 2. The van der Waals surface area contributed by atoms with Crippen molar-refractivity contribution in [1.29, 1.82) is 0 Å². The van der Waals surface area contributed by atoms with E-state index in [9.17, 15) is 13.2 Å². The first-order chi connectivity index (χ1) is 9.94. The van der Waals surface area contributed by atoms with E-state index < -0.39 is 10.0 Å². The van der Waals surface area contributed by atoms with Crippen LogP contribution in [0.2, 0.25) is 5.02 Å². The third-order valence-corrected chi connectivity index (χ3v) is 5.27. The minimum absolute atomic E-state index is 0.0422. The fourth-order valence-corrected chi connectivity index (χ4v) is 4.02. The molecule has 0 aliphatic heterocycles. The zero-order valence-electron chi connectivity index (χ0n) is 10.3. The molecule has 0 atom stereocenters. The summed E-state index contributed by atoms with van der Waals surface area (Å²) in [5.74, 6) is 0. The first-order valence-electron chi connectivity index (χ1n) is 5.72. The van der Waals surface area contributed by atoms with E-state index in [2.05, 4.69) is 14.7 Å². The Morgan fingerprint density at radius 1 is 1.24 bits per heavy atom. The number of pyridine rings is 1. The molecule has 3 rings (SSSR count). The van der Waals surface area contributed by atoms with Gasteiger partial charge < -0.3 is 4.98 Å². The van der Waals surface area contributed by atoms with E-state index in [0.717, 1.165) is 17.0 Å². The van der Waals surface area contributed by atoms with Crippen LogP contribution >= 0.6 is 22.9 Å². The average molecular weight is 342 g/mol. The summed E-state index contributed by atoms with van der Waals surface area (Å²) < 4.78 is 27.5. The van der Waals surface area contributed by atoms with Crippen molar-refractivity contribution < 1.29 is 8.42 Å². The number of anilines is 1. The zero-order valence-corrected chi connectivity index (χ0v) is 12.7. The molecule has 0 radical (unpaired) electrons. The van der Waals surface area contributed by atoms with Crippen LogP contribution < -0.4 is 10.3 Å². The Labute approximate surface area is 128 Å². The highest BCUT2D eigenvalue weighted by molar-refractivity contribution is 7.93. The van der Waals surface area contributed by atoms with Crippen molar-refractivity contribution in [1.82, 2.24) is 9.97 Å². The number of halogens is 1. The lowest BCUT2D eigenvalue weighted by Crippen LogP contribution is -2.15. The van der Waals surface area contributed by atoms with E-state index in [0.29, 0.717) is 10.5 Å². The number of fused-ring (bicyclic) bond motifs is 1. The van der Waals surface area contributed by atoms with Crippen molar-refractivity contribution in [3.05, 3.63) is 51.9 Å². The van der Waals surface area contributed by atoms with E-state index in [1.165, 1.54) is 17.4 Å². The minimum atomic E-state index is -3.79. The highest BCUT2D eigenvalue weighted by atomic mass is 35.5. The topological polar surface area (TPSA) is 91.9 Å². The predicted octanol–water partition coefficient (Wildman–Crippen LogP) is 2.44. The van der Waals surface area contributed by atoms with Gasteiger partial charge in [0.1, 0.15) is 4.90 Å². The summed E-state index contributed by atoms with van der Waals surface area (Å²) in [7, 11) is -3.79. The number of hydrogen-bond acceptors (Lipinski definition) is 5. The molecule has 6 nitrogen and oxygen atoms in total. The standard InChI is InChI=1S/C12H8ClN3O3S2/c13-7-1-3-9-10(5-7)20-12(15-9)16-21(18,19)8-2-4-11(17)14-6-8/h1-6H,(H,14,17)(H,15,16). The third kappa shape index (κ3) is 2.92. The van der Waals surface area contributed by atoms with Gasteiger partial charge >= 0.3 is 0 Å². The predicted molar refractivity (Wildman–Crippen MR) is 82.5 cm³/mol. The summed E-state index contributed by atoms with van der Waals surface area (Å²) in [5.41, 5.74) is 0.284. The van der Waals surface area contributed by atoms with Gasteiger partial charge in [0.25, 0.3) is 10.0 Å². The molecule has 3 aromatic rings. The van der Waals surface area contributed by atoms with Crippen LogP contribution in [0.15, 0.2) is 46.2 Å². The molecule has 2 aromatic heterocycles. The van der Waals surface area contributed by atoms with Gasteiger partial charge in [-0.3, -0.25) is 9.52 Å². The maximum absolute atomic E-state index is 12.2.